The minimum atomic E-state index is -3.87. The molecule has 0 aliphatic carbocycles. The van der Waals surface area contributed by atoms with Crippen LogP contribution in [0, 0.1) is 6.92 Å². The normalized spacial score (nSPS) is 11.5. The molecule has 2 aromatic carbocycles. The number of carbonyl (C=O) groups excluding carboxylic acids is 1. The minimum Gasteiger partial charge on any atom is -0.468 e. The van der Waals surface area contributed by atoms with Crippen LogP contribution < -0.4 is 14.8 Å². The number of alkyl halides is 2. The summed E-state index contributed by atoms with van der Waals surface area (Å²) in [5.74, 6) is -0.0684. The fourth-order valence-electron chi connectivity index (χ4n) is 2.78. The lowest BCUT2D eigenvalue weighted by molar-refractivity contribution is -0.0498. The lowest BCUT2D eigenvalue weighted by Gasteiger charge is -2.12. The molecular formula is C21H20F2N2O5S. The van der Waals surface area contributed by atoms with Crippen molar-refractivity contribution in [1.82, 2.24) is 10.0 Å². The highest BCUT2D eigenvalue weighted by Crippen LogP contribution is 2.18. The molecule has 1 aromatic heterocycles. The van der Waals surface area contributed by atoms with Gasteiger partial charge >= 0.3 is 6.61 Å². The van der Waals surface area contributed by atoms with Crippen LogP contribution in [0.15, 0.2) is 70.2 Å². The molecule has 0 aliphatic heterocycles. The van der Waals surface area contributed by atoms with Gasteiger partial charge in [0.25, 0.3) is 5.91 Å². The Labute approximate surface area is 178 Å². The Balaban J connectivity index is 1.70. The Morgan fingerprint density at radius 2 is 1.90 bits per heavy atom. The van der Waals surface area contributed by atoms with Gasteiger partial charge < -0.3 is 14.5 Å². The van der Waals surface area contributed by atoms with Crippen LogP contribution in [0.25, 0.3) is 0 Å². The third kappa shape index (κ3) is 6.12. The van der Waals surface area contributed by atoms with Crippen molar-refractivity contribution in [3.63, 3.8) is 0 Å². The smallest absolute Gasteiger partial charge is 0.387 e. The predicted octanol–water partition coefficient (Wildman–Crippen LogP) is 3.60. The quantitative estimate of drug-likeness (QED) is 0.519. The topological polar surface area (TPSA) is 97.6 Å². The standard InChI is InChI=1S/C21H20F2N2O5S/c1-14-7-8-18(31(27,28)25-13-17-6-3-9-29-17)11-19(14)20(26)24-12-15-4-2-5-16(10-15)30-21(22)23/h2-11,21,25H,12-13H2,1H3,(H,24,26). The Kier molecular flexibility index (Phi) is 7.03. The number of amides is 1. The summed E-state index contributed by atoms with van der Waals surface area (Å²) in [5, 5.41) is 2.66. The fourth-order valence-corrected chi connectivity index (χ4v) is 3.80. The van der Waals surface area contributed by atoms with E-state index in [-0.39, 0.29) is 29.3 Å². The largest absolute Gasteiger partial charge is 0.468 e. The molecule has 0 bridgehead atoms. The third-order valence-corrected chi connectivity index (χ3v) is 5.76. The van der Waals surface area contributed by atoms with Crippen LogP contribution in [0.3, 0.4) is 0 Å². The molecule has 0 fully saturated rings. The van der Waals surface area contributed by atoms with Crippen molar-refractivity contribution >= 4 is 15.9 Å². The van der Waals surface area contributed by atoms with E-state index < -0.39 is 22.5 Å². The van der Waals surface area contributed by atoms with Crippen LogP contribution in [0.1, 0.15) is 27.2 Å². The van der Waals surface area contributed by atoms with Gasteiger partial charge in [0.05, 0.1) is 17.7 Å². The average molecular weight is 450 g/mol. The molecule has 1 amide bonds. The first-order valence-corrected chi connectivity index (χ1v) is 10.7. The molecule has 0 saturated carbocycles. The second-order valence-electron chi connectivity index (χ2n) is 6.59. The monoisotopic (exact) mass is 450 g/mol. The van der Waals surface area contributed by atoms with E-state index in [9.17, 15) is 22.0 Å². The summed E-state index contributed by atoms with van der Waals surface area (Å²) in [7, 11) is -3.87. The first kappa shape index (κ1) is 22.4. The predicted molar refractivity (Wildman–Crippen MR) is 108 cm³/mol. The summed E-state index contributed by atoms with van der Waals surface area (Å²) in [6.45, 7) is -1.24. The molecule has 0 saturated heterocycles. The second-order valence-corrected chi connectivity index (χ2v) is 8.36. The maximum atomic E-state index is 12.6. The zero-order chi connectivity index (χ0) is 22.4. The van der Waals surface area contributed by atoms with Gasteiger partial charge in [-0.15, -0.1) is 0 Å². The van der Waals surface area contributed by atoms with E-state index in [1.54, 1.807) is 25.1 Å². The maximum Gasteiger partial charge on any atom is 0.387 e. The van der Waals surface area contributed by atoms with Crippen LogP contribution in [0.2, 0.25) is 0 Å². The van der Waals surface area contributed by atoms with Crippen LogP contribution >= 0.6 is 0 Å². The second kappa shape index (κ2) is 9.71. The first-order chi connectivity index (χ1) is 14.7. The maximum absolute atomic E-state index is 12.6. The highest BCUT2D eigenvalue weighted by Gasteiger charge is 2.18. The van der Waals surface area contributed by atoms with Crippen LogP contribution in [-0.2, 0) is 23.1 Å². The Morgan fingerprint density at radius 1 is 1.10 bits per heavy atom. The Morgan fingerprint density at radius 3 is 2.61 bits per heavy atom. The minimum absolute atomic E-state index is 0.0198. The van der Waals surface area contributed by atoms with Crippen molar-refractivity contribution in [2.45, 2.75) is 31.5 Å². The summed E-state index contributed by atoms with van der Waals surface area (Å²) in [4.78, 5) is 12.6. The molecule has 2 N–H and O–H groups in total. The highest BCUT2D eigenvalue weighted by atomic mass is 32.2. The Hall–Kier alpha value is -3.24. The van der Waals surface area contributed by atoms with Gasteiger partial charge in [0.15, 0.2) is 0 Å². The summed E-state index contributed by atoms with van der Waals surface area (Å²) in [5.41, 5.74) is 1.31. The molecule has 7 nitrogen and oxygen atoms in total. The molecule has 164 valence electrons. The van der Waals surface area contributed by atoms with Gasteiger partial charge in [-0.1, -0.05) is 18.2 Å². The number of hydrogen-bond acceptors (Lipinski definition) is 5. The number of furan rings is 1. The number of ether oxygens (including phenoxy) is 1. The number of rotatable bonds is 9. The van der Waals surface area contributed by atoms with Crippen molar-refractivity contribution in [1.29, 1.82) is 0 Å². The Bertz CT molecular complexity index is 1150. The zero-order valence-corrected chi connectivity index (χ0v) is 17.3. The molecule has 0 spiro atoms. The summed E-state index contributed by atoms with van der Waals surface area (Å²) < 4.78 is 61.7. The van der Waals surface area contributed by atoms with Gasteiger partial charge in [-0.05, 0) is 54.4 Å². The molecule has 10 heteroatoms. The highest BCUT2D eigenvalue weighted by molar-refractivity contribution is 7.89. The van der Waals surface area contributed by atoms with E-state index in [1.165, 1.54) is 42.7 Å². The first-order valence-electron chi connectivity index (χ1n) is 9.19. The number of halogens is 2. The number of carbonyl (C=O) groups is 1. The molecule has 0 radical (unpaired) electrons. The van der Waals surface area contributed by atoms with Gasteiger partial charge in [-0.2, -0.15) is 8.78 Å². The van der Waals surface area contributed by atoms with E-state index in [2.05, 4.69) is 14.8 Å². The molecular weight excluding hydrogens is 430 g/mol. The van der Waals surface area contributed by atoms with E-state index >= 15 is 0 Å². The molecule has 0 atom stereocenters. The van der Waals surface area contributed by atoms with Gasteiger partial charge in [0.2, 0.25) is 10.0 Å². The van der Waals surface area contributed by atoms with Crippen molar-refractivity contribution < 1.29 is 31.1 Å². The lowest BCUT2D eigenvalue weighted by atomic mass is 10.1. The number of benzene rings is 2. The number of hydrogen-bond donors (Lipinski definition) is 2. The zero-order valence-electron chi connectivity index (χ0n) is 16.5. The molecule has 0 unspecified atom stereocenters. The van der Waals surface area contributed by atoms with E-state index in [0.717, 1.165) is 0 Å². The average Bonchev–Trinajstić information content (AvgIpc) is 3.24. The number of aryl methyl sites for hydroxylation is 1. The number of sulfonamides is 1. The van der Waals surface area contributed by atoms with Crippen molar-refractivity contribution in [3.05, 3.63) is 83.3 Å². The third-order valence-electron chi connectivity index (χ3n) is 4.36. The SMILES string of the molecule is Cc1ccc(S(=O)(=O)NCc2ccco2)cc1C(=O)NCc1cccc(OC(F)F)c1. The lowest BCUT2D eigenvalue weighted by Crippen LogP contribution is -2.26. The molecule has 0 aliphatic rings. The van der Waals surface area contributed by atoms with Crippen LogP contribution in [-0.4, -0.2) is 20.9 Å². The fraction of sp³-hybridized carbons (Fsp3) is 0.190. The summed E-state index contributed by atoms with van der Waals surface area (Å²) in [6, 6.07) is 13.4. The van der Waals surface area contributed by atoms with Gasteiger partial charge in [0, 0.05) is 12.1 Å². The van der Waals surface area contributed by atoms with Crippen molar-refractivity contribution in [3.8, 4) is 5.75 Å². The van der Waals surface area contributed by atoms with E-state index in [4.69, 9.17) is 4.42 Å². The molecule has 1 heterocycles. The molecule has 3 aromatic rings. The molecule has 31 heavy (non-hydrogen) atoms. The van der Waals surface area contributed by atoms with Gasteiger partial charge in [-0.25, -0.2) is 13.1 Å². The van der Waals surface area contributed by atoms with Crippen LogP contribution in [0.5, 0.6) is 5.75 Å². The van der Waals surface area contributed by atoms with E-state index in [0.29, 0.717) is 16.9 Å². The van der Waals surface area contributed by atoms with Crippen LogP contribution in [0.4, 0.5) is 8.78 Å². The number of nitrogens with one attached hydrogen (secondary N) is 2. The van der Waals surface area contributed by atoms with Gasteiger partial charge in [0.1, 0.15) is 11.5 Å². The van der Waals surface area contributed by atoms with Gasteiger partial charge in [-0.3, -0.25) is 4.79 Å². The molecule has 3 rings (SSSR count). The van der Waals surface area contributed by atoms with E-state index in [1.807, 2.05) is 0 Å². The van der Waals surface area contributed by atoms with Crippen molar-refractivity contribution in [2.75, 3.05) is 0 Å². The summed E-state index contributed by atoms with van der Waals surface area (Å²) in [6.07, 6.45) is 1.44. The van der Waals surface area contributed by atoms with Crippen molar-refractivity contribution in [2.24, 2.45) is 0 Å². The summed E-state index contributed by atoms with van der Waals surface area (Å²) >= 11 is 0.